The van der Waals surface area contributed by atoms with E-state index in [9.17, 15) is 14.4 Å². The molecule has 0 radical (unpaired) electrons. The minimum absolute atomic E-state index is 0.0930. The zero-order valence-corrected chi connectivity index (χ0v) is 20.5. The Balaban J connectivity index is 1.19. The van der Waals surface area contributed by atoms with Gasteiger partial charge < -0.3 is 14.7 Å². The Morgan fingerprint density at radius 1 is 1.06 bits per heavy atom. The van der Waals surface area contributed by atoms with Crippen LogP contribution < -0.4 is 5.32 Å². The highest BCUT2D eigenvalue weighted by Gasteiger charge is 2.54. The second kappa shape index (κ2) is 9.07. The minimum atomic E-state index is -0.820. The molecule has 1 aromatic heterocycles. The van der Waals surface area contributed by atoms with Crippen molar-refractivity contribution in [2.45, 2.75) is 64.1 Å². The van der Waals surface area contributed by atoms with Gasteiger partial charge in [0.05, 0.1) is 6.04 Å². The molecule has 1 N–H and O–H groups in total. The van der Waals surface area contributed by atoms with E-state index in [1.807, 2.05) is 38.1 Å². The smallest absolute Gasteiger partial charge is 0.325 e. The van der Waals surface area contributed by atoms with Crippen LogP contribution in [0.15, 0.2) is 28.8 Å². The van der Waals surface area contributed by atoms with Crippen LogP contribution in [0.4, 0.5) is 4.79 Å². The topological polar surface area (TPSA) is 112 Å². The zero-order valence-electron chi connectivity index (χ0n) is 20.5. The van der Waals surface area contributed by atoms with E-state index in [-0.39, 0.29) is 17.9 Å². The van der Waals surface area contributed by atoms with Gasteiger partial charge in [-0.15, -0.1) is 0 Å². The number of benzene rings is 1. The predicted octanol–water partition coefficient (Wildman–Crippen LogP) is 2.50. The summed E-state index contributed by atoms with van der Waals surface area (Å²) in [5.41, 5.74) is 1.27. The number of carbonyl (C=O) groups is 3. The number of aryl methyl sites for hydroxylation is 1. The fourth-order valence-electron chi connectivity index (χ4n) is 5.40. The van der Waals surface area contributed by atoms with Crippen LogP contribution in [0.1, 0.15) is 57.0 Å². The van der Waals surface area contributed by atoms with Crippen LogP contribution in [0.5, 0.6) is 0 Å². The quantitative estimate of drug-likeness (QED) is 0.655. The Kier molecular flexibility index (Phi) is 6.08. The lowest BCUT2D eigenvalue weighted by atomic mass is 9.97. The van der Waals surface area contributed by atoms with Gasteiger partial charge in [-0.1, -0.05) is 47.8 Å². The fourth-order valence-corrected chi connectivity index (χ4v) is 5.40. The van der Waals surface area contributed by atoms with Crippen molar-refractivity contribution in [3.63, 3.8) is 0 Å². The molecule has 3 heterocycles. The molecule has 186 valence electrons. The summed E-state index contributed by atoms with van der Waals surface area (Å²) in [5.74, 6) is 0.641. The molecule has 2 unspecified atom stereocenters. The maximum atomic E-state index is 13.2. The van der Waals surface area contributed by atoms with Crippen LogP contribution in [0, 0.1) is 6.92 Å². The van der Waals surface area contributed by atoms with Gasteiger partial charge in [-0.25, -0.2) is 9.69 Å². The zero-order chi connectivity index (χ0) is 24.7. The van der Waals surface area contributed by atoms with Gasteiger partial charge >= 0.3 is 6.03 Å². The number of nitrogens with one attached hydrogen (secondary N) is 1. The number of hydrogen-bond acceptors (Lipinski definition) is 7. The van der Waals surface area contributed by atoms with E-state index < -0.39 is 17.6 Å². The average molecular weight is 481 g/mol. The maximum absolute atomic E-state index is 13.2. The van der Waals surface area contributed by atoms with E-state index in [0.29, 0.717) is 50.7 Å². The van der Waals surface area contributed by atoms with Crippen molar-refractivity contribution in [2.75, 3.05) is 26.2 Å². The second-order valence-electron chi connectivity index (χ2n) is 9.93. The minimum Gasteiger partial charge on any atom is -0.338 e. The van der Waals surface area contributed by atoms with Crippen molar-refractivity contribution in [3.8, 4) is 11.4 Å². The molecule has 4 amide bonds. The molecule has 35 heavy (non-hydrogen) atoms. The number of rotatable bonds is 5. The van der Waals surface area contributed by atoms with Gasteiger partial charge in [0.15, 0.2) is 0 Å². The van der Waals surface area contributed by atoms with Gasteiger partial charge in [-0.2, -0.15) is 4.98 Å². The van der Waals surface area contributed by atoms with Crippen LogP contribution in [-0.4, -0.2) is 80.4 Å². The Labute approximate surface area is 204 Å². The Morgan fingerprint density at radius 3 is 2.37 bits per heavy atom. The summed E-state index contributed by atoms with van der Waals surface area (Å²) in [4.78, 5) is 48.5. The first-order chi connectivity index (χ1) is 16.8. The molecule has 1 saturated carbocycles. The Bertz CT molecular complexity index is 1120. The van der Waals surface area contributed by atoms with Crippen LogP contribution in [0.3, 0.4) is 0 Å². The van der Waals surface area contributed by atoms with E-state index in [2.05, 4.69) is 20.4 Å². The summed E-state index contributed by atoms with van der Waals surface area (Å²) in [6, 6.07) is 6.60. The van der Waals surface area contributed by atoms with E-state index in [4.69, 9.17) is 4.52 Å². The normalized spacial score (nSPS) is 22.0. The van der Waals surface area contributed by atoms with Crippen molar-refractivity contribution in [3.05, 3.63) is 35.7 Å². The third-order valence-corrected chi connectivity index (χ3v) is 7.68. The summed E-state index contributed by atoms with van der Waals surface area (Å²) >= 11 is 0. The van der Waals surface area contributed by atoms with Gasteiger partial charge in [0.1, 0.15) is 11.6 Å². The molecule has 2 saturated heterocycles. The number of amides is 4. The number of carbonyl (C=O) groups excluding carboxylic acids is 3. The number of nitrogens with zero attached hydrogens (tertiary/aromatic N) is 5. The molecule has 1 aliphatic carbocycles. The highest BCUT2D eigenvalue weighted by atomic mass is 16.5. The summed E-state index contributed by atoms with van der Waals surface area (Å²) in [6.07, 6.45) is 3.11. The van der Waals surface area contributed by atoms with Gasteiger partial charge in [0.25, 0.3) is 5.91 Å². The lowest BCUT2D eigenvalue weighted by Gasteiger charge is -2.38. The first-order valence-electron chi connectivity index (χ1n) is 12.4. The number of aromatic nitrogens is 2. The summed E-state index contributed by atoms with van der Waals surface area (Å²) in [7, 11) is 0. The second-order valence-corrected chi connectivity index (χ2v) is 9.93. The Hall–Kier alpha value is -3.27. The molecule has 3 aliphatic rings. The van der Waals surface area contributed by atoms with Gasteiger partial charge in [-0.05, 0) is 33.6 Å². The van der Waals surface area contributed by atoms with Crippen LogP contribution in [0.25, 0.3) is 11.4 Å². The van der Waals surface area contributed by atoms with Crippen LogP contribution in [-0.2, 0) is 9.59 Å². The summed E-state index contributed by atoms with van der Waals surface area (Å²) in [5, 5.41) is 6.99. The lowest BCUT2D eigenvalue weighted by molar-refractivity contribution is -0.144. The first-order valence-corrected chi connectivity index (χ1v) is 12.4. The molecule has 2 aliphatic heterocycles. The van der Waals surface area contributed by atoms with Gasteiger partial charge in [-0.3, -0.25) is 14.5 Å². The molecular weight excluding hydrogens is 448 g/mol. The monoisotopic (exact) mass is 480 g/mol. The van der Waals surface area contributed by atoms with Crippen molar-refractivity contribution >= 4 is 17.8 Å². The maximum Gasteiger partial charge on any atom is 0.325 e. The van der Waals surface area contributed by atoms with E-state index in [1.54, 1.807) is 11.8 Å². The van der Waals surface area contributed by atoms with Crippen molar-refractivity contribution in [1.29, 1.82) is 0 Å². The first kappa shape index (κ1) is 23.5. The van der Waals surface area contributed by atoms with E-state index in [0.717, 1.165) is 23.3 Å². The van der Waals surface area contributed by atoms with Gasteiger partial charge in [0.2, 0.25) is 17.6 Å². The molecule has 1 aromatic carbocycles. The van der Waals surface area contributed by atoms with Crippen LogP contribution in [0.2, 0.25) is 0 Å². The fraction of sp³-hybridized carbons (Fsp3) is 0.560. The SMILES string of the molecule is Cc1ccc(-c2noc(C(C)N3CCN(C(=O)C(C)N4C(=O)NC5(CCCC5)C4=O)CC3)n2)cc1. The average Bonchev–Trinajstić information content (AvgIpc) is 3.59. The standard InChI is InChI=1S/C25H32N6O4/c1-16-6-8-19(9-7-16)20-26-21(35-28-20)17(2)29-12-14-30(15-13-29)22(32)18(3)31-23(33)25(27-24(31)34)10-4-5-11-25/h6-9,17-18H,4-5,10-15H2,1-3H3,(H,27,34). The van der Waals surface area contributed by atoms with E-state index >= 15 is 0 Å². The third kappa shape index (κ3) is 4.20. The highest BCUT2D eigenvalue weighted by Crippen LogP contribution is 2.36. The largest absolute Gasteiger partial charge is 0.338 e. The summed E-state index contributed by atoms with van der Waals surface area (Å²) < 4.78 is 5.54. The molecule has 2 aromatic rings. The van der Waals surface area contributed by atoms with Crippen molar-refractivity contribution in [1.82, 2.24) is 30.2 Å². The number of urea groups is 1. The predicted molar refractivity (Wildman–Crippen MR) is 127 cm³/mol. The molecule has 10 heteroatoms. The lowest BCUT2D eigenvalue weighted by Crippen LogP contribution is -2.56. The molecule has 1 spiro atoms. The van der Waals surface area contributed by atoms with Crippen molar-refractivity contribution < 1.29 is 18.9 Å². The van der Waals surface area contributed by atoms with E-state index in [1.165, 1.54) is 5.56 Å². The molecule has 2 atom stereocenters. The molecule has 5 rings (SSSR count). The molecular formula is C25H32N6O4. The van der Waals surface area contributed by atoms with Crippen LogP contribution >= 0.6 is 0 Å². The molecule has 3 fully saturated rings. The molecule has 0 bridgehead atoms. The Morgan fingerprint density at radius 2 is 1.71 bits per heavy atom. The number of hydrogen-bond donors (Lipinski definition) is 1. The third-order valence-electron chi connectivity index (χ3n) is 7.68. The number of piperazine rings is 1. The highest BCUT2D eigenvalue weighted by molar-refractivity contribution is 6.10. The van der Waals surface area contributed by atoms with Crippen molar-refractivity contribution in [2.24, 2.45) is 0 Å². The summed E-state index contributed by atoms with van der Waals surface area (Å²) in [6.45, 7) is 7.96. The van der Waals surface area contributed by atoms with Gasteiger partial charge in [0, 0.05) is 31.7 Å². The molecule has 10 nitrogen and oxygen atoms in total. The number of imide groups is 1.